The summed E-state index contributed by atoms with van der Waals surface area (Å²) in [4.78, 5) is 11.1. The fourth-order valence-corrected chi connectivity index (χ4v) is 1.04. The Balaban J connectivity index is 2.71. The van der Waals surface area contributed by atoms with Crippen molar-refractivity contribution < 1.29 is 25.2 Å². The number of hydrogen-bond acceptors (Lipinski definition) is 7. The number of nitrogens with zero attached hydrogens (tertiary/aromatic N) is 1. The first-order valence-electron chi connectivity index (χ1n) is 4.90. The minimum atomic E-state index is -1.08. The summed E-state index contributed by atoms with van der Waals surface area (Å²) in [6, 6.07) is 1.19. The normalized spacial score (nSPS) is 12.6. The predicted octanol–water partition coefficient (Wildman–Crippen LogP) is -1.43. The summed E-state index contributed by atoms with van der Waals surface area (Å²) in [6.07, 6.45) is 1.13. The third kappa shape index (κ3) is 3.34. The van der Waals surface area contributed by atoms with E-state index in [1.54, 1.807) is 0 Å². The summed E-state index contributed by atoms with van der Waals surface area (Å²) in [5.41, 5.74) is 7.52. The summed E-state index contributed by atoms with van der Waals surface area (Å²) in [5, 5.41) is 39.6. The van der Waals surface area contributed by atoms with Gasteiger partial charge >= 0.3 is 0 Å². The number of aliphatic hydroxyl groups is 1. The fourth-order valence-electron chi connectivity index (χ4n) is 1.04. The van der Waals surface area contributed by atoms with Crippen LogP contribution in [-0.2, 0) is 4.79 Å². The molecular weight excluding hydrogens is 242 g/mol. The maximum atomic E-state index is 11.1. The zero-order chi connectivity index (χ0) is 13.7. The second-order valence-electron chi connectivity index (χ2n) is 3.43. The van der Waals surface area contributed by atoms with Gasteiger partial charge in [0.05, 0.1) is 12.8 Å². The Morgan fingerprint density at radius 3 is 2.44 bits per heavy atom. The molecule has 0 bridgehead atoms. The maximum absolute atomic E-state index is 11.1. The number of nitrogens with one attached hydrogen (secondary N) is 1. The summed E-state index contributed by atoms with van der Waals surface area (Å²) in [5.74, 6) is -2.36. The number of rotatable bonds is 4. The van der Waals surface area contributed by atoms with Crippen LogP contribution in [-0.4, -0.2) is 45.2 Å². The van der Waals surface area contributed by atoms with Gasteiger partial charge in [-0.05, 0) is 12.1 Å². The summed E-state index contributed by atoms with van der Waals surface area (Å²) >= 11 is 0. The van der Waals surface area contributed by atoms with E-state index in [0.717, 1.165) is 18.3 Å². The first-order valence-corrected chi connectivity index (χ1v) is 4.90. The van der Waals surface area contributed by atoms with Crippen LogP contribution in [0.15, 0.2) is 17.2 Å². The lowest BCUT2D eigenvalue weighted by atomic mass is 10.2. The molecule has 0 aliphatic carbocycles. The number of nitrogens with two attached hydrogens (primary N) is 1. The molecule has 8 nitrogen and oxygen atoms in total. The molecule has 1 atom stereocenters. The number of hydrazone groups is 1. The highest BCUT2D eigenvalue weighted by molar-refractivity contribution is 5.85. The molecule has 0 unspecified atom stereocenters. The first kappa shape index (κ1) is 13.7. The number of hydrogen-bond donors (Lipinski definition) is 6. The Bertz CT molecular complexity index is 452. The molecule has 0 aromatic heterocycles. The average Bonchev–Trinajstić information content (AvgIpc) is 2.34. The Hall–Kier alpha value is -2.32. The summed E-state index contributed by atoms with van der Waals surface area (Å²) in [7, 11) is 0. The van der Waals surface area contributed by atoms with Crippen molar-refractivity contribution in [2.24, 2.45) is 10.8 Å². The highest BCUT2D eigenvalue weighted by Crippen LogP contribution is 2.34. The fraction of sp³-hybridized carbons (Fsp3) is 0.200. The van der Waals surface area contributed by atoms with Crippen LogP contribution in [0.2, 0.25) is 0 Å². The Morgan fingerprint density at radius 2 is 1.94 bits per heavy atom. The van der Waals surface area contributed by atoms with Crippen molar-refractivity contribution in [1.29, 1.82) is 0 Å². The van der Waals surface area contributed by atoms with Crippen LogP contribution in [0.3, 0.4) is 0 Å². The number of aromatic hydroxyl groups is 3. The van der Waals surface area contributed by atoms with Gasteiger partial charge in [0.15, 0.2) is 17.2 Å². The summed E-state index contributed by atoms with van der Waals surface area (Å²) < 4.78 is 0. The smallest absolute Gasteiger partial charge is 0.259 e. The quantitative estimate of drug-likeness (QED) is 0.221. The van der Waals surface area contributed by atoms with Gasteiger partial charge in [0.25, 0.3) is 5.91 Å². The molecule has 0 fully saturated rings. The van der Waals surface area contributed by atoms with Crippen molar-refractivity contribution in [3.05, 3.63) is 17.7 Å². The molecule has 1 amide bonds. The predicted molar refractivity (Wildman–Crippen MR) is 62.2 cm³/mol. The van der Waals surface area contributed by atoms with Crippen molar-refractivity contribution in [2.45, 2.75) is 6.04 Å². The second kappa shape index (κ2) is 5.84. The lowest BCUT2D eigenvalue weighted by molar-refractivity contribution is -0.123. The van der Waals surface area contributed by atoms with Crippen molar-refractivity contribution >= 4 is 12.1 Å². The number of carbonyl (C=O) groups is 1. The number of amides is 1. The van der Waals surface area contributed by atoms with E-state index in [0.29, 0.717) is 0 Å². The van der Waals surface area contributed by atoms with E-state index in [1.165, 1.54) is 0 Å². The van der Waals surface area contributed by atoms with E-state index in [2.05, 4.69) is 10.5 Å². The molecule has 0 saturated heterocycles. The molecule has 0 saturated carbocycles. The minimum absolute atomic E-state index is 0.251. The molecule has 1 aromatic rings. The molecule has 1 rings (SSSR count). The van der Waals surface area contributed by atoms with Gasteiger partial charge in [-0.3, -0.25) is 4.79 Å². The molecule has 0 aliphatic rings. The zero-order valence-corrected chi connectivity index (χ0v) is 9.24. The molecule has 0 aliphatic heterocycles. The van der Waals surface area contributed by atoms with Gasteiger partial charge in [-0.25, -0.2) is 5.43 Å². The minimum Gasteiger partial charge on any atom is -0.504 e. The molecule has 0 heterocycles. The van der Waals surface area contributed by atoms with Crippen molar-refractivity contribution in [3.8, 4) is 17.2 Å². The standard InChI is InChI=1S/C10H13N3O5/c11-6(4-14)10(18)13-12-3-5-1-7(15)9(17)8(16)2-5/h1-3,6,14-17H,4,11H2,(H,13,18)/b12-3+/t6-/m0/s1. The van der Waals surface area contributed by atoms with Crippen LogP contribution in [0, 0.1) is 0 Å². The highest BCUT2D eigenvalue weighted by Gasteiger charge is 2.10. The van der Waals surface area contributed by atoms with Crippen LogP contribution >= 0.6 is 0 Å². The Labute approximate surface area is 102 Å². The van der Waals surface area contributed by atoms with E-state index >= 15 is 0 Å². The SMILES string of the molecule is N[C@@H](CO)C(=O)N/N=C/c1cc(O)c(O)c(O)c1. The molecule has 0 spiro atoms. The first-order chi connectivity index (χ1) is 8.45. The van der Waals surface area contributed by atoms with Gasteiger partial charge < -0.3 is 26.2 Å². The lowest BCUT2D eigenvalue weighted by Crippen LogP contribution is -2.40. The average molecular weight is 255 g/mol. The van der Waals surface area contributed by atoms with Crippen LogP contribution in [0.25, 0.3) is 0 Å². The highest BCUT2D eigenvalue weighted by atomic mass is 16.3. The molecule has 98 valence electrons. The van der Waals surface area contributed by atoms with Gasteiger partial charge in [0.2, 0.25) is 0 Å². The third-order valence-corrected chi connectivity index (χ3v) is 2.01. The van der Waals surface area contributed by atoms with Gasteiger partial charge in [-0.2, -0.15) is 5.10 Å². The van der Waals surface area contributed by atoms with E-state index < -0.39 is 35.8 Å². The number of benzene rings is 1. The number of phenols is 3. The van der Waals surface area contributed by atoms with E-state index in [4.69, 9.17) is 15.9 Å². The molecule has 7 N–H and O–H groups in total. The van der Waals surface area contributed by atoms with Crippen molar-refractivity contribution in [3.63, 3.8) is 0 Å². The Kier molecular flexibility index (Phi) is 4.46. The van der Waals surface area contributed by atoms with Crippen molar-refractivity contribution in [2.75, 3.05) is 6.61 Å². The second-order valence-corrected chi connectivity index (χ2v) is 3.43. The molecule has 8 heteroatoms. The molecule has 1 aromatic carbocycles. The van der Waals surface area contributed by atoms with Gasteiger partial charge in [-0.15, -0.1) is 0 Å². The summed E-state index contributed by atoms with van der Waals surface area (Å²) in [6.45, 7) is -0.512. The van der Waals surface area contributed by atoms with Crippen LogP contribution in [0.4, 0.5) is 0 Å². The van der Waals surface area contributed by atoms with E-state index in [9.17, 15) is 15.0 Å². The molecule has 18 heavy (non-hydrogen) atoms. The van der Waals surface area contributed by atoms with E-state index in [1.807, 2.05) is 0 Å². The number of aliphatic hydroxyl groups excluding tert-OH is 1. The van der Waals surface area contributed by atoms with Gasteiger partial charge in [0, 0.05) is 5.56 Å². The molecular formula is C10H13N3O5. The monoisotopic (exact) mass is 255 g/mol. The van der Waals surface area contributed by atoms with Gasteiger partial charge in [0.1, 0.15) is 6.04 Å². The number of phenolic OH excluding ortho intramolecular Hbond substituents is 3. The Morgan fingerprint density at radius 1 is 1.39 bits per heavy atom. The lowest BCUT2D eigenvalue weighted by Gasteiger charge is -2.05. The van der Waals surface area contributed by atoms with Crippen LogP contribution in [0.5, 0.6) is 17.2 Å². The number of carbonyl (C=O) groups excluding carboxylic acids is 1. The molecule has 0 radical (unpaired) electrons. The topological polar surface area (TPSA) is 148 Å². The maximum Gasteiger partial charge on any atom is 0.259 e. The van der Waals surface area contributed by atoms with E-state index in [-0.39, 0.29) is 5.56 Å². The largest absolute Gasteiger partial charge is 0.504 e. The third-order valence-electron chi connectivity index (χ3n) is 2.01. The van der Waals surface area contributed by atoms with Gasteiger partial charge in [-0.1, -0.05) is 0 Å². The zero-order valence-electron chi connectivity index (χ0n) is 9.24. The van der Waals surface area contributed by atoms with Crippen LogP contribution < -0.4 is 11.2 Å². The van der Waals surface area contributed by atoms with Crippen molar-refractivity contribution in [1.82, 2.24) is 5.43 Å². The van der Waals surface area contributed by atoms with Crippen LogP contribution in [0.1, 0.15) is 5.56 Å².